The minimum atomic E-state index is 0.154. The lowest BCUT2D eigenvalue weighted by molar-refractivity contribution is -0.126. The fourth-order valence-electron chi connectivity index (χ4n) is 3.31. The number of hydrogen-bond acceptors (Lipinski definition) is 3. The SMILES string of the molecule is CNC(=O)C1CCN(C(C(C)N)C(C)(C)C)CC1. The fourth-order valence-corrected chi connectivity index (χ4v) is 3.31. The predicted octanol–water partition coefficient (Wildman–Crippen LogP) is 1.21. The van der Waals surface area contributed by atoms with E-state index in [2.05, 4.69) is 37.9 Å². The summed E-state index contributed by atoms with van der Waals surface area (Å²) < 4.78 is 0. The molecule has 0 aliphatic carbocycles. The van der Waals surface area contributed by atoms with Crippen LogP contribution in [0.2, 0.25) is 0 Å². The number of amides is 1. The second kappa shape index (κ2) is 6.02. The van der Waals surface area contributed by atoms with Crippen molar-refractivity contribution in [1.82, 2.24) is 10.2 Å². The lowest BCUT2D eigenvalue weighted by atomic mass is 9.80. The molecular formula is C14H29N3O. The fraction of sp³-hybridized carbons (Fsp3) is 0.929. The average molecular weight is 255 g/mol. The van der Waals surface area contributed by atoms with E-state index in [0.717, 1.165) is 25.9 Å². The second-order valence-corrected chi connectivity index (χ2v) is 6.59. The molecule has 1 aliphatic heterocycles. The Morgan fingerprint density at radius 3 is 2.17 bits per heavy atom. The first-order valence-corrected chi connectivity index (χ1v) is 6.98. The highest BCUT2D eigenvalue weighted by Crippen LogP contribution is 2.30. The molecule has 0 aromatic carbocycles. The summed E-state index contributed by atoms with van der Waals surface area (Å²) in [6.45, 7) is 10.8. The van der Waals surface area contributed by atoms with E-state index in [4.69, 9.17) is 5.73 Å². The van der Waals surface area contributed by atoms with Gasteiger partial charge in [-0.3, -0.25) is 9.69 Å². The quantitative estimate of drug-likeness (QED) is 0.797. The zero-order chi connectivity index (χ0) is 13.9. The summed E-state index contributed by atoms with van der Waals surface area (Å²) in [5.41, 5.74) is 6.33. The Morgan fingerprint density at radius 1 is 1.33 bits per heavy atom. The van der Waals surface area contributed by atoms with Gasteiger partial charge in [0.1, 0.15) is 0 Å². The third-order valence-corrected chi connectivity index (χ3v) is 3.93. The van der Waals surface area contributed by atoms with E-state index in [1.165, 1.54) is 0 Å². The Balaban J connectivity index is 2.63. The van der Waals surface area contributed by atoms with Gasteiger partial charge in [-0.1, -0.05) is 20.8 Å². The molecule has 0 bridgehead atoms. The van der Waals surface area contributed by atoms with Crippen LogP contribution in [-0.2, 0) is 4.79 Å². The van der Waals surface area contributed by atoms with Crippen molar-refractivity contribution >= 4 is 5.91 Å². The van der Waals surface area contributed by atoms with Crippen molar-refractivity contribution in [2.24, 2.45) is 17.1 Å². The molecule has 0 saturated carbocycles. The number of nitrogens with two attached hydrogens (primary N) is 1. The molecule has 3 N–H and O–H groups in total. The van der Waals surface area contributed by atoms with Crippen LogP contribution in [0.5, 0.6) is 0 Å². The summed E-state index contributed by atoms with van der Waals surface area (Å²) in [6, 6.07) is 0.532. The van der Waals surface area contributed by atoms with Gasteiger partial charge in [0.25, 0.3) is 0 Å². The first-order valence-electron chi connectivity index (χ1n) is 6.98. The summed E-state index contributed by atoms with van der Waals surface area (Å²) in [5.74, 6) is 0.364. The number of carbonyl (C=O) groups excluding carboxylic acids is 1. The van der Waals surface area contributed by atoms with Gasteiger partial charge >= 0.3 is 0 Å². The van der Waals surface area contributed by atoms with Crippen LogP contribution in [-0.4, -0.2) is 43.0 Å². The number of rotatable bonds is 3. The molecule has 0 radical (unpaired) electrons. The number of nitrogens with one attached hydrogen (secondary N) is 1. The highest BCUT2D eigenvalue weighted by Gasteiger charge is 2.36. The van der Waals surface area contributed by atoms with E-state index in [-0.39, 0.29) is 23.3 Å². The van der Waals surface area contributed by atoms with Gasteiger partial charge < -0.3 is 11.1 Å². The first-order chi connectivity index (χ1) is 8.27. The molecule has 18 heavy (non-hydrogen) atoms. The van der Waals surface area contributed by atoms with Crippen LogP contribution in [0.3, 0.4) is 0 Å². The molecule has 4 heteroatoms. The molecule has 1 amide bonds. The van der Waals surface area contributed by atoms with Crippen molar-refractivity contribution in [3.8, 4) is 0 Å². The normalized spacial score (nSPS) is 22.6. The largest absolute Gasteiger partial charge is 0.359 e. The third kappa shape index (κ3) is 3.69. The maximum atomic E-state index is 11.6. The summed E-state index contributed by atoms with van der Waals surface area (Å²) in [5, 5.41) is 2.75. The number of nitrogens with zero attached hydrogens (tertiary/aromatic N) is 1. The van der Waals surface area contributed by atoms with Crippen molar-refractivity contribution in [1.29, 1.82) is 0 Å². The molecule has 1 fully saturated rings. The van der Waals surface area contributed by atoms with E-state index in [1.807, 2.05) is 0 Å². The van der Waals surface area contributed by atoms with Crippen molar-refractivity contribution < 1.29 is 4.79 Å². The number of hydrogen-bond donors (Lipinski definition) is 2. The van der Waals surface area contributed by atoms with Crippen LogP contribution in [0.1, 0.15) is 40.5 Å². The smallest absolute Gasteiger partial charge is 0.222 e. The molecule has 1 heterocycles. The highest BCUT2D eigenvalue weighted by atomic mass is 16.1. The van der Waals surface area contributed by atoms with Crippen LogP contribution >= 0.6 is 0 Å². The van der Waals surface area contributed by atoms with Crippen LogP contribution in [0.4, 0.5) is 0 Å². The zero-order valence-electron chi connectivity index (χ0n) is 12.5. The number of carbonyl (C=O) groups is 1. The van der Waals surface area contributed by atoms with Crippen molar-refractivity contribution in [3.63, 3.8) is 0 Å². The van der Waals surface area contributed by atoms with E-state index in [9.17, 15) is 4.79 Å². The van der Waals surface area contributed by atoms with Crippen LogP contribution in [0.15, 0.2) is 0 Å². The summed E-state index contributed by atoms with van der Waals surface area (Å²) in [4.78, 5) is 14.1. The van der Waals surface area contributed by atoms with E-state index < -0.39 is 0 Å². The number of likely N-dealkylation sites (tertiary alicyclic amines) is 1. The van der Waals surface area contributed by atoms with Crippen LogP contribution < -0.4 is 11.1 Å². The van der Waals surface area contributed by atoms with E-state index in [1.54, 1.807) is 7.05 Å². The second-order valence-electron chi connectivity index (χ2n) is 6.59. The van der Waals surface area contributed by atoms with Gasteiger partial charge in [-0.05, 0) is 38.3 Å². The maximum absolute atomic E-state index is 11.6. The third-order valence-electron chi connectivity index (χ3n) is 3.93. The summed E-state index contributed by atoms with van der Waals surface area (Å²) >= 11 is 0. The molecule has 4 nitrogen and oxygen atoms in total. The minimum Gasteiger partial charge on any atom is -0.359 e. The Labute approximate surface area is 111 Å². The average Bonchev–Trinajstić information content (AvgIpc) is 2.26. The molecule has 0 spiro atoms. The lowest BCUT2D eigenvalue weighted by Gasteiger charge is -2.45. The predicted molar refractivity (Wildman–Crippen MR) is 75.3 cm³/mol. The van der Waals surface area contributed by atoms with Crippen LogP contribution in [0, 0.1) is 11.3 Å². The molecule has 0 aromatic rings. The van der Waals surface area contributed by atoms with Gasteiger partial charge in [0, 0.05) is 25.0 Å². The standard InChI is InChI=1S/C14H29N3O/c1-10(15)12(14(2,3)4)17-8-6-11(7-9-17)13(18)16-5/h10-12H,6-9,15H2,1-5H3,(H,16,18). The molecule has 1 rings (SSSR count). The molecule has 2 unspecified atom stereocenters. The van der Waals surface area contributed by atoms with Gasteiger partial charge in [-0.2, -0.15) is 0 Å². The lowest BCUT2D eigenvalue weighted by Crippen LogP contribution is -2.56. The van der Waals surface area contributed by atoms with Crippen LogP contribution in [0.25, 0.3) is 0 Å². The molecule has 106 valence electrons. The van der Waals surface area contributed by atoms with E-state index >= 15 is 0 Å². The highest BCUT2D eigenvalue weighted by molar-refractivity contribution is 5.78. The molecule has 2 atom stereocenters. The monoisotopic (exact) mass is 255 g/mol. The molecule has 1 saturated heterocycles. The van der Waals surface area contributed by atoms with Gasteiger partial charge in [0.15, 0.2) is 0 Å². The van der Waals surface area contributed by atoms with Gasteiger partial charge in [-0.25, -0.2) is 0 Å². The van der Waals surface area contributed by atoms with Crippen molar-refractivity contribution in [3.05, 3.63) is 0 Å². The zero-order valence-corrected chi connectivity index (χ0v) is 12.5. The molecular weight excluding hydrogens is 226 g/mol. The van der Waals surface area contributed by atoms with Gasteiger partial charge in [-0.15, -0.1) is 0 Å². The van der Waals surface area contributed by atoms with Gasteiger partial charge in [0.05, 0.1) is 0 Å². The van der Waals surface area contributed by atoms with Crippen molar-refractivity contribution in [2.75, 3.05) is 20.1 Å². The van der Waals surface area contributed by atoms with Gasteiger partial charge in [0.2, 0.25) is 5.91 Å². The Bertz CT molecular complexity index is 275. The summed E-state index contributed by atoms with van der Waals surface area (Å²) in [7, 11) is 1.72. The first kappa shape index (κ1) is 15.4. The molecule has 0 aromatic heterocycles. The topological polar surface area (TPSA) is 58.4 Å². The maximum Gasteiger partial charge on any atom is 0.222 e. The number of piperidine rings is 1. The Hall–Kier alpha value is -0.610. The van der Waals surface area contributed by atoms with E-state index in [0.29, 0.717) is 6.04 Å². The van der Waals surface area contributed by atoms with Crippen molar-refractivity contribution in [2.45, 2.75) is 52.6 Å². The Morgan fingerprint density at radius 2 is 1.83 bits per heavy atom. The minimum absolute atomic E-state index is 0.154. The Kier molecular flexibility index (Phi) is 5.17. The molecule has 1 aliphatic rings. The summed E-state index contributed by atoms with van der Waals surface area (Å²) in [6.07, 6.45) is 1.89.